The summed E-state index contributed by atoms with van der Waals surface area (Å²) in [6.45, 7) is 1.11. The highest BCUT2D eigenvalue weighted by atomic mass is 32.2. The first-order valence-corrected chi connectivity index (χ1v) is 10.4. The Morgan fingerprint density at radius 2 is 2.04 bits per heavy atom. The van der Waals surface area contributed by atoms with Crippen LogP contribution in [0.4, 0.5) is 0 Å². The van der Waals surface area contributed by atoms with Crippen LogP contribution in [0.3, 0.4) is 0 Å². The zero-order valence-corrected chi connectivity index (χ0v) is 15.1. The summed E-state index contributed by atoms with van der Waals surface area (Å²) in [6.07, 6.45) is 2.86. The van der Waals surface area contributed by atoms with Crippen molar-refractivity contribution in [1.29, 1.82) is 0 Å². The lowest BCUT2D eigenvalue weighted by molar-refractivity contribution is -0.150. The van der Waals surface area contributed by atoms with Crippen molar-refractivity contribution < 1.29 is 27.5 Å². The van der Waals surface area contributed by atoms with Crippen LogP contribution in [-0.4, -0.2) is 52.8 Å². The molecule has 0 saturated carbocycles. The molecule has 0 aliphatic carbocycles. The van der Waals surface area contributed by atoms with Crippen LogP contribution in [0.5, 0.6) is 0 Å². The monoisotopic (exact) mass is 375 g/mol. The Hall–Kier alpha value is -1.29. The summed E-state index contributed by atoms with van der Waals surface area (Å²) in [7, 11) is -3.21. The zero-order valence-electron chi connectivity index (χ0n) is 13.4. The highest BCUT2D eigenvalue weighted by molar-refractivity contribution is 7.88. The van der Waals surface area contributed by atoms with Gasteiger partial charge in [-0.05, 0) is 31.4 Å². The van der Waals surface area contributed by atoms with Gasteiger partial charge in [0, 0.05) is 24.6 Å². The molecule has 1 aliphatic heterocycles. The van der Waals surface area contributed by atoms with E-state index in [1.165, 1.54) is 11.3 Å². The van der Waals surface area contributed by atoms with Crippen molar-refractivity contribution >= 4 is 33.1 Å². The topological polar surface area (TPSA) is 98.8 Å². The van der Waals surface area contributed by atoms with Crippen molar-refractivity contribution in [2.24, 2.45) is 5.92 Å². The molecule has 1 aliphatic rings. The molecule has 2 heterocycles. The van der Waals surface area contributed by atoms with Gasteiger partial charge in [0.2, 0.25) is 15.8 Å². The molecule has 1 aromatic rings. The van der Waals surface area contributed by atoms with E-state index in [0.717, 1.165) is 11.1 Å². The number of ketones is 1. The number of sulfonamides is 1. The van der Waals surface area contributed by atoms with E-state index in [4.69, 9.17) is 9.47 Å². The van der Waals surface area contributed by atoms with Crippen LogP contribution >= 0.6 is 11.3 Å². The number of esters is 1. The Labute approximate surface area is 145 Å². The molecular weight excluding hydrogens is 354 g/mol. The molecule has 0 spiro atoms. The maximum Gasteiger partial charge on any atom is 0.309 e. The minimum absolute atomic E-state index is 0.187. The first kappa shape index (κ1) is 19.0. The van der Waals surface area contributed by atoms with E-state index in [2.05, 4.69) is 4.72 Å². The fourth-order valence-electron chi connectivity index (χ4n) is 2.28. The Bertz CT molecular complexity index is 676. The molecule has 0 bridgehead atoms. The second kappa shape index (κ2) is 8.70. The lowest BCUT2D eigenvalue weighted by atomic mass is 10.0. The van der Waals surface area contributed by atoms with Gasteiger partial charge in [-0.1, -0.05) is 0 Å². The third kappa shape index (κ3) is 6.31. The predicted octanol–water partition coefficient (Wildman–Crippen LogP) is 0.992. The molecule has 1 saturated heterocycles. The Kier molecular flexibility index (Phi) is 6.90. The highest BCUT2D eigenvalue weighted by Crippen LogP contribution is 2.19. The van der Waals surface area contributed by atoms with Crippen LogP contribution in [0.2, 0.25) is 0 Å². The smallest absolute Gasteiger partial charge is 0.309 e. The molecule has 1 fully saturated rings. The maximum atomic E-state index is 12.1. The Morgan fingerprint density at radius 1 is 1.33 bits per heavy atom. The van der Waals surface area contributed by atoms with Gasteiger partial charge in [0.1, 0.15) is 0 Å². The molecule has 1 aromatic heterocycles. The average Bonchev–Trinajstić information content (AvgIpc) is 3.01. The standard InChI is InChI=1S/C15H21NO6S2/c1-24(19,20)16-7-4-12-2-3-14(23-12)13(17)10-22-15(18)11-5-8-21-9-6-11/h2-3,11,16H,4-10H2,1H3. The fraction of sp³-hybridized carbons (Fsp3) is 0.600. The molecule has 0 radical (unpaired) electrons. The SMILES string of the molecule is CS(=O)(=O)NCCc1ccc(C(=O)COC(=O)C2CCOCC2)s1. The number of carbonyl (C=O) groups is 2. The molecule has 0 aromatic carbocycles. The summed E-state index contributed by atoms with van der Waals surface area (Å²) in [5, 5.41) is 0. The molecule has 134 valence electrons. The van der Waals surface area contributed by atoms with Gasteiger partial charge in [0.15, 0.2) is 6.61 Å². The van der Waals surface area contributed by atoms with Crippen LogP contribution in [0, 0.1) is 5.92 Å². The van der Waals surface area contributed by atoms with Crippen LogP contribution in [-0.2, 0) is 30.7 Å². The minimum atomic E-state index is -3.21. The number of rotatable bonds is 8. The van der Waals surface area contributed by atoms with E-state index in [0.29, 0.717) is 37.4 Å². The molecule has 0 unspecified atom stereocenters. The zero-order chi connectivity index (χ0) is 17.6. The molecular formula is C15H21NO6S2. The van der Waals surface area contributed by atoms with Crippen molar-refractivity contribution in [2.75, 3.05) is 32.6 Å². The van der Waals surface area contributed by atoms with E-state index in [1.807, 2.05) is 0 Å². The Morgan fingerprint density at radius 3 is 2.71 bits per heavy atom. The van der Waals surface area contributed by atoms with Gasteiger partial charge in [-0.2, -0.15) is 0 Å². The van der Waals surface area contributed by atoms with Crippen molar-refractivity contribution in [3.63, 3.8) is 0 Å². The van der Waals surface area contributed by atoms with Crippen LogP contribution < -0.4 is 4.72 Å². The van der Waals surface area contributed by atoms with Crippen LogP contribution in [0.25, 0.3) is 0 Å². The van der Waals surface area contributed by atoms with E-state index in [1.54, 1.807) is 12.1 Å². The summed E-state index contributed by atoms with van der Waals surface area (Å²) >= 11 is 1.28. The number of nitrogens with one attached hydrogen (secondary N) is 1. The number of carbonyl (C=O) groups excluding carboxylic acids is 2. The number of ether oxygens (including phenoxy) is 2. The van der Waals surface area contributed by atoms with Crippen molar-refractivity contribution in [2.45, 2.75) is 19.3 Å². The molecule has 2 rings (SSSR count). The second-order valence-electron chi connectivity index (χ2n) is 5.60. The summed E-state index contributed by atoms with van der Waals surface area (Å²) in [6, 6.07) is 3.45. The highest BCUT2D eigenvalue weighted by Gasteiger charge is 2.24. The molecule has 0 amide bonds. The summed E-state index contributed by atoms with van der Waals surface area (Å²) in [5.41, 5.74) is 0. The third-order valence-electron chi connectivity index (χ3n) is 3.57. The summed E-state index contributed by atoms with van der Waals surface area (Å²) < 4.78 is 34.7. The second-order valence-corrected chi connectivity index (χ2v) is 8.60. The van der Waals surface area contributed by atoms with Gasteiger partial charge in [0.05, 0.1) is 17.1 Å². The van der Waals surface area contributed by atoms with Gasteiger partial charge < -0.3 is 9.47 Å². The molecule has 1 N–H and O–H groups in total. The van der Waals surface area contributed by atoms with E-state index < -0.39 is 10.0 Å². The van der Waals surface area contributed by atoms with Gasteiger partial charge in [-0.15, -0.1) is 11.3 Å². The quantitative estimate of drug-likeness (QED) is 0.537. The van der Waals surface area contributed by atoms with Crippen LogP contribution in [0.1, 0.15) is 27.4 Å². The minimum Gasteiger partial charge on any atom is -0.457 e. The number of Topliss-reactive ketones (excluding diaryl/α,β-unsaturated/α-hetero) is 1. The Balaban J connectivity index is 1.77. The van der Waals surface area contributed by atoms with Crippen molar-refractivity contribution in [1.82, 2.24) is 4.72 Å². The summed E-state index contributed by atoms with van der Waals surface area (Å²) in [4.78, 5) is 25.4. The van der Waals surface area contributed by atoms with Crippen molar-refractivity contribution in [3.05, 3.63) is 21.9 Å². The van der Waals surface area contributed by atoms with Gasteiger partial charge in [-0.25, -0.2) is 13.1 Å². The number of hydrogen-bond donors (Lipinski definition) is 1. The molecule has 7 nitrogen and oxygen atoms in total. The summed E-state index contributed by atoms with van der Waals surface area (Å²) in [5.74, 6) is -0.781. The van der Waals surface area contributed by atoms with E-state index in [9.17, 15) is 18.0 Å². The normalized spacial score (nSPS) is 16.0. The van der Waals surface area contributed by atoms with Crippen LogP contribution in [0.15, 0.2) is 12.1 Å². The average molecular weight is 375 g/mol. The van der Waals surface area contributed by atoms with E-state index in [-0.39, 0.29) is 30.8 Å². The first-order chi connectivity index (χ1) is 11.3. The maximum absolute atomic E-state index is 12.1. The number of thiophene rings is 1. The molecule has 9 heteroatoms. The lowest BCUT2D eigenvalue weighted by Gasteiger charge is -2.20. The molecule has 24 heavy (non-hydrogen) atoms. The molecule has 0 atom stereocenters. The lowest BCUT2D eigenvalue weighted by Crippen LogP contribution is -2.26. The van der Waals surface area contributed by atoms with Gasteiger partial charge >= 0.3 is 5.97 Å². The largest absolute Gasteiger partial charge is 0.457 e. The van der Waals surface area contributed by atoms with Crippen molar-refractivity contribution in [3.8, 4) is 0 Å². The third-order valence-corrected chi connectivity index (χ3v) is 5.49. The first-order valence-electron chi connectivity index (χ1n) is 7.66. The fourth-order valence-corrected chi connectivity index (χ4v) is 3.69. The van der Waals surface area contributed by atoms with Gasteiger partial charge in [0.25, 0.3) is 0 Å². The van der Waals surface area contributed by atoms with E-state index >= 15 is 0 Å². The van der Waals surface area contributed by atoms with Gasteiger partial charge in [-0.3, -0.25) is 9.59 Å². The predicted molar refractivity (Wildman–Crippen MR) is 89.7 cm³/mol. The number of hydrogen-bond acceptors (Lipinski definition) is 7.